The molecule has 0 spiro atoms. The van der Waals surface area contributed by atoms with Crippen molar-refractivity contribution in [2.24, 2.45) is 5.92 Å². The summed E-state index contributed by atoms with van der Waals surface area (Å²) in [5, 5.41) is 1.32. The number of fused-ring (bicyclic) bond motifs is 2. The van der Waals surface area contributed by atoms with Gasteiger partial charge in [0.05, 0.1) is 23.9 Å². The lowest BCUT2D eigenvalue weighted by Gasteiger charge is -2.31. The molecule has 2 fully saturated rings. The average molecular weight is 329 g/mol. The van der Waals surface area contributed by atoms with E-state index in [4.69, 9.17) is 32.7 Å². The van der Waals surface area contributed by atoms with E-state index in [9.17, 15) is 0 Å². The Morgan fingerprint density at radius 3 is 2.52 bits per heavy atom. The van der Waals surface area contributed by atoms with Crippen LogP contribution >= 0.6 is 23.2 Å². The Hall–Kier alpha value is -0.280. The van der Waals surface area contributed by atoms with Gasteiger partial charge in [-0.2, -0.15) is 0 Å². The van der Waals surface area contributed by atoms with Crippen molar-refractivity contribution < 1.29 is 9.47 Å². The van der Waals surface area contributed by atoms with Crippen molar-refractivity contribution in [3.05, 3.63) is 33.8 Å². The molecule has 1 aromatic carbocycles. The van der Waals surface area contributed by atoms with Crippen LogP contribution in [0, 0.1) is 5.92 Å². The molecule has 3 atom stereocenters. The van der Waals surface area contributed by atoms with E-state index in [1.807, 2.05) is 18.2 Å². The number of ether oxygens (including phenoxy) is 2. The second-order valence-electron chi connectivity index (χ2n) is 6.84. The lowest BCUT2D eigenvalue weighted by atomic mass is 9.75. The van der Waals surface area contributed by atoms with Crippen LogP contribution in [0.25, 0.3) is 0 Å². The van der Waals surface area contributed by atoms with Crippen LogP contribution in [0.2, 0.25) is 10.0 Å². The summed E-state index contributed by atoms with van der Waals surface area (Å²) in [6.45, 7) is 7.08. The molecule has 21 heavy (non-hydrogen) atoms. The molecule has 0 N–H and O–H groups in total. The Morgan fingerprint density at radius 1 is 1.29 bits per heavy atom. The van der Waals surface area contributed by atoms with Gasteiger partial charge < -0.3 is 9.47 Å². The van der Waals surface area contributed by atoms with Crippen LogP contribution in [0.4, 0.5) is 0 Å². The maximum Gasteiger partial charge on any atom is 0.0924 e. The molecule has 2 nitrogen and oxygen atoms in total. The van der Waals surface area contributed by atoms with Gasteiger partial charge in [-0.1, -0.05) is 43.1 Å². The van der Waals surface area contributed by atoms with Crippen LogP contribution in [0.1, 0.15) is 45.6 Å². The summed E-state index contributed by atoms with van der Waals surface area (Å²) in [7, 11) is 0. The van der Waals surface area contributed by atoms with Crippen molar-refractivity contribution in [3.63, 3.8) is 0 Å². The van der Waals surface area contributed by atoms with Crippen molar-refractivity contribution in [3.8, 4) is 0 Å². The molecule has 0 amide bonds. The normalized spacial score (nSPS) is 34.9. The quantitative estimate of drug-likeness (QED) is 0.751. The predicted molar refractivity (Wildman–Crippen MR) is 85.9 cm³/mol. The molecule has 0 saturated carbocycles. The van der Waals surface area contributed by atoms with Crippen LogP contribution in [0.15, 0.2) is 18.2 Å². The summed E-state index contributed by atoms with van der Waals surface area (Å²) in [6, 6.07) is 5.55. The topological polar surface area (TPSA) is 18.5 Å². The van der Waals surface area contributed by atoms with Gasteiger partial charge in [0, 0.05) is 22.0 Å². The highest BCUT2D eigenvalue weighted by Crippen LogP contribution is 2.55. The highest BCUT2D eigenvalue weighted by molar-refractivity contribution is 6.35. The van der Waals surface area contributed by atoms with Crippen LogP contribution in [-0.4, -0.2) is 17.3 Å². The molecule has 3 rings (SSSR count). The van der Waals surface area contributed by atoms with Crippen molar-refractivity contribution in [1.29, 1.82) is 0 Å². The third-order valence-corrected chi connectivity index (χ3v) is 5.94. The smallest absolute Gasteiger partial charge is 0.0924 e. The molecule has 0 aliphatic carbocycles. The Labute approximate surface area is 136 Å². The van der Waals surface area contributed by atoms with E-state index < -0.39 is 0 Å². The predicted octanol–water partition coefficient (Wildman–Crippen LogP) is 5.25. The van der Waals surface area contributed by atoms with Gasteiger partial charge in [-0.3, -0.25) is 0 Å². The van der Waals surface area contributed by atoms with E-state index in [1.54, 1.807) is 0 Å². The third-order valence-electron chi connectivity index (χ3n) is 5.24. The van der Waals surface area contributed by atoms with Gasteiger partial charge in [0.15, 0.2) is 0 Å². The van der Waals surface area contributed by atoms with E-state index in [0.29, 0.717) is 22.6 Å². The largest absolute Gasteiger partial charge is 0.370 e. The van der Waals surface area contributed by atoms with Gasteiger partial charge in [0.2, 0.25) is 0 Å². The van der Waals surface area contributed by atoms with Crippen molar-refractivity contribution in [1.82, 2.24) is 0 Å². The molecular weight excluding hydrogens is 307 g/mol. The second kappa shape index (κ2) is 5.42. The summed E-state index contributed by atoms with van der Waals surface area (Å²) in [5.74, 6) is 0.511. The molecule has 2 aliphatic heterocycles. The van der Waals surface area contributed by atoms with Crippen molar-refractivity contribution >= 4 is 23.2 Å². The summed E-state index contributed by atoms with van der Waals surface area (Å²) in [6.07, 6.45) is 3.27. The van der Waals surface area contributed by atoms with Gasteiger partial charge in [-0.05, 0) is 37.8 Å². The van der Waals surface area contributed by atoms with E-state index >= 15 is 0 Å². The maximum atomic E-state index is 6.38. The van der Waals surface area contributed by atoms with E-state index in [1.165, 1.54) is 0 Å². The molecule has 0 aromatic heterocycles. The number of rotatable bonds is 4. The zero-order valence-corrected chi connectivity index (χ0v) is 14.3. The minimum absolute atomic E-state index is 0.0102. The Balaban J connectivity index is 1.73. The molecule has 116 valence electrons. The first-order chi connectivity index (χ1) is 9.86. The molecule has 0 unspecified atom stereocenters. The van der Waals surface area contributed by atoms with Gasteiger partial charge in [-0.15, -0.1) is 0 Å². The Bertz CT molecular complexity index is 525. The first kappa shape index (κ1) is 15.6. The third kappa shape index (κ3) is 2.61. The average Bonchev–Trinajstić information content (AvgIpc) is 2.90. The molecule has 4 heteroatoms. The second-order valence-corrected chi connectivity index (χ2v) is 7.65. The van der Waals surface area contributed by atoms with Gasteiger partial charge >= 0.3 is 0 Å². The van der Waals surface area contributed by atoms with Gasteiger partial charge in [0.1, 0.15) is 0 Å². The molecule has 1 aromatic rings. The fraction of sp³-hybridized carbons (Fsp3) is 0.647. The van der Waals surface area contributed by atoms with Crippen molar-refractivity contribution in [2.75, 3.05) is 0 Å². The molecule has 2 aliphatic rings. The van der Waals surface area contributed by atoms with Crippen LogP contribution < -0.4 is 0 Å². The number of halogens is 2. The molecule has 2 bridgehead atoms. The summed E-state index contributed by atoms with van der Waals surface area (Å²) < 4.78 is 12.5. The summed E-state index contributed by atoms with van der Waals surface area (Å²) >= 11 is 12.4. The van der Waals surface area contributed by atoms with Crippen molar-refractivity contribution in [2.45, 2.75) is 63.9 Å². The molecule has 2 heterocycles. The highest BCUT2D eigenvalue weighted by atomic mass is 35.5. The zero-order valence-electron chi connectivity index (χ0n) is 12.8. The Kier molecular flexibility index (Phi) is 4.03. The van der Waals surface area contributed by atoms with E-state index in [-0.39, 0.29) is 17.3 Å². The molecule has 2 saturated heterocycles. The minimum Gasteiger partial charge on any atom is -0.370 e. The van der Waals surface area contributed by atoms with Crippen LogP contribution in [-0.2, 0) is 16.1 Å². The zero-order chi connectivity index (χ0) is 15.3. The molecule has 0 radical (unpaired) electrons. The lowest BCUT2D eigenvalue weighted by molar-refractivity contribution is -0.0959. The number of hydrogen-bond acceptors (Lipinski definition) is 2. The minimum atomic E-state index is -0.169. The van der Waals surface area contributed by atoms with Gasteiger partial charge in [-0.25, -0.2) is 0 Å². The summed E-state index contributed by atoms with van der Waals surface area (Å²) in [5.41, 5.74) is 0.688. The standard InChI is InChI=1S/C17H22Cl2O2/c1-11(2)17-8-7-16(3,21-17)15(9-17)20-10-12-13(18)5-4-6-14(12)19/h4-6,11,15H,7-10H2,1-3H3/t15-,16+,17-/m0/s1. The Morgan fingerprint density at radius 2 is 1.95 bits per heavy atom. The van der Waals surface area contributed by atoms with E-state index in [0.717, 1.165) is 24.8 Å². The van der Waals surface area contributed by atoms with Gasteiger partial charge in [0.25, 0.3) is 0 Å². The fourth-order valence-corrected chi connectivity index (χ4v) is 4.16. The first-order valence-electron chi connectivity index (χ1n) is 7.61. The SMILES string of the molecule is CC(C)[C@@]12CC[C@@](C)(O1)[C@@H](OCc1c(Cl)cccc1Cl)C2. The van der Waals surface area contributed by atoms with Crippen LogP contribution in [0.3, 0.4) is 0 Å². The first-order valence-corrected chi connectivity index (χ1v) is 8.37. The summed E-state index contributed by atoms with van der Waals surface area (Å²) in [4.78, 5) is 0. The van der Waals surface area contributed by atoms with Crippen LogP contribution in [0.5, 0.6) is 0 Å². The fourth-order valence-electron chi connectivity index (χ4n) is 3.66. The maximum absolute atomic E-state index is 6.38. The molecular formula is C17H22Cl2O2. The lowest BCUT2D eigenvalue weighted by Crippen LogP contribution is -2.38. The number of hydrogen-bond donors (Lipinski definition) is 0. The highest BCUT2D eigenvalue weighted by Gasteiger charge is 2.60. The monoisotopic (exact) mass is 328 g/mol. The number of benzene rings is 1. The van der Waals surface area contributed by atoms with E-state index in [2.05, 4.69) is 20.8 Å².